The van der Waals surface area contributed by atoms with Gasteiger partial charge in [0.05, 0.1) is 25.4 Å². The van der Waals surface area contributed by atoms with Gasteiger partial charge in [0.2, 0.25) is 5.91 Å². The second-order valence-corrected chi connectivity index (χ2v) is 21.0. The van der Waals surface area contributed by atoms with Gasteiger partial charge in [0.25, 0.3) is 0 Å². The van der Waals surface area contributed by atoms with Gasteiger partial charge in [0.1, 0.15) is 0 Å². The van der Waals surface area contributed by atoms with Crippen LogP contribution in [0.25, 0.3) is 0 Å². The normalized spacial score (nSPS) is 12.6. The Morgan fingerprint density at radius 1 is 0.403 bits per heavy atom. The topological polar surface area (TPSA) is 95.9 Å². The number of aliphatic hydroxyl groups excluding tert-OH is 2. The highest BCUT2D eigenvalue weighted by Crippen LogP contribution is 2.18. The minimum Gasteiger partial charge on any atom is -0.466 e. The Hall–Kier alpha value is -1.40. The van der Waals surface area contributed by atoms with Crippen LogP contribution in [-0.4, -0.2) is 47.4 Å². The van der Waals surface area contributed by atoms with Gasteiger partial charge >= 0.3 is 5.97 Å². The number of esters is 1. The molecule has 1 amide bonds. The lowest BCUT2D eigenvalue weighted by atomic mass is 10.0. The van der Waals surface area contributed by atoms with Crippen molar-refractivity contribution in [2.24, 2.45) is 0 Å². The lowest BCUT2D eigenvalue weighted by Crippen LogP contribution is -2.45. The van der Waals surface area contributed by atoms with E-state index < -0.39 is 12.1 Å². The first-order valence-electron chi connectivity index (χ1n) is 30.4. The smallest absolute Gasteiger partial charge is 0.305 e. The standard InChI is InChI=1S/C61H119NO5/c1-3-5-7-9-11-13-15-17-19-21-25-29-33-37-41-45-49-53-59(64)58(57-63)62-60(65)54-50-46-42-38-34-30-26-23-24-28-32-36-40-44-48-52-56-67-61(66)55-51-47-43-39-35-31-27-22-20-18-16-14-12-10-8-6-4-2/h23,26,58-59,63-64H,3-22,24-25,27-57H2,1-2H3,(H,62,65)/b26-23-. The number of carbonyl (C=O) groups is 2. The third-order valence-corrected chi connectivity index (χ3v) is 14.3. The molecule has 2 unspecified atom stereocenters. The van der Waals surface area contributed by atoms with Crippen molar-refractivity contribution in [3.8, 4) is 0 Å². The van der Waals surface area contributed by atoms with Crippen LogP contribution in [0.4, 0.5) is 0 Å². The van der Waals surface area contributed by atoms with E-state index in [4.69, 9.17) is 4.74 Å². The van der Waals surface area contributed by atoms with Gasteiger partial charge in [-0.2, -0.15) is 0 Å². The second-order valence-electron chi connectivity index (χ2n) is 21.0. The van der Waals surface area contributed by atoms with Crippen LogP contribution in [0.5, 0.6) is 0 Å². The summed E-state index contributed by atoms with van der Waals surface area (Å²) in [6.07, 6.45) is 67.8. The summed E-state index contributed by atoms with van der Waals surface area (Å²) in [5, 5.41) is 23.3. The Morgan fingerprint density at radius 3 is 1.06 bits per heavy atom. The number of unbranched alkanes of at least 4 members (excludes halogenated alkanes) is 44. The maximum Gasteiger partial charge on any atom is 0.305 e. The first kappa shape index (κ1) is 65.6. The van der Waals surface area contributed by atoms with E-state index in [0.717, 1.165) is 64.2 Å². The van der Waals surface area contributed by atoms with Gasteiger partial charge in [-0.25, -0.2) is 0 Å². The summed E-state index contributed by atoms with van der Waals surface area (Å²) in [5.41, 5.74) is 0. The molecule has 0 saturated heterocycles. The Balaban J connectivity index is 3.44. The minimum atomic E-state index is -0.674. The summed E-state index contributed by atoms with van der Waals surface area (Å²) >= 11 is 0. The van der Waals surface area contributed by atoms with Crippen LogP contribution < -0.4 is 5.32 Å². The van der Waals surface area contributed by atoms with Gasteiger partial charge < -0.3 is 20.3 Å². The average molecular weight is 947 g/mol. The zero-order valence-electron chi connectivity index (χ0n) is 45.4. The van der Waals surface area contributed by atoms with Crippen molar-refractivity contribution in [1.82, 2.24) is 5.32 Å². The first-order valence-corrected chi connectivity index (χ1v) is 30.4. The third-order valence-electron chi connectivity index (χ3n) is 14.3. The van der Waals surface area contributed by atoms with Crippen LogP contribution in [0, 0.1) is 0 Å². The van der Waals surface area contributed by atoms with Crippen LogP contribution in [0.3, 0.4) is 0 Å². The Morgan fingerprint density at radius 2 is 0.701 bits per heavy atom. The molecule has 6 nitrogen and oxygen atoms in total. The van der Waals surface area contributed by atoms with Crippen LogP contribution in [0.2, 0.25) is 0 Å². The zero-order valence-corrected chi connectivity index (χ0v) is 45.4. The molecule has 2 atom stereocenters. The molecule has 0 rings (SSSR count). The Labute approximate surface area is 419 Å². The van der Waals surface area contributed by atoms with Crippen molar-refractivity contribution in [3.05, 3.63) is 12.2 Å². The summed E-state index contributed by atoms with van der Waals surface area (Å²) < 4.78 is 5.49. The molecule has 0 aliphatic heterocycles. The number of aliphatic hydroxyl groups is 2. The molecule has 0 aliphatic carbocycles. The van der Waals surface area contributed by atoms with Gasteiger partial charge in [-0.15, -0.1) is 0 Å². The van der Waals surface area contributed by atoms with Crippen molar-refractivity contribution < 1.29 is 24.5 Å². The monoisotopic (exact) mass is 946 g/mol. The largest absolute Gasteiger partial charge is 0.466 e. The third kappa shape index (κ3) is 53.8. The summed E-state index contributed by atoms with van der Waals surface area (Å²) in [5.74, 6) is -0.0471. The molecule has 67 heavy (non-hydrogen) atoms. The fourth-order valence-corrected chi connectivity index (χ4v) is 9.64. The molecule has 6 heteroatoms. The van der Waals surface area contributed by atoms with E-state index in [2.05, 4.69) is 31.3 Å². The minimum absolute atomic E-state index is 0.00196. The van der Waals surface area contributed by atoms with Crippen molar-refractivity contribution >= 4 is 11.9 Å². The number of amides is 1. The maximum atomic E-state index is 12.5. The molecule has 0 aliphatic rings. The number of carbonyl (C=O) groups excluding carboxylic acids is 2. The number of ether oxygens (including phenoxy) is 1. The molecule has 0 bridgehead atoms. The van der Waals surface area contributed by atoms with Gasteiger partial charge in [-0.3, -0.25) is 9.59 Å². The summed E-state index contributed by atoms with van der Waals surface area (Å²) in [6.45, 7) is 4.96. The molecule has 0 saturated carbocycles. The quantitative estimate of drug-likeness (QED) is 0.0321. The molecule has 0 aromatic rings. The molecular formula is C61H119NO5. The predicted octanol–water partition coefficient (Wildman–Crippen LogP) is 18.9. The number of nitrogens with one attached hydrogen (secondary N) is 1. The highest BCUT2D eigenvalue weighted by molar-refractivity contribution is 5.76. The molecule has 0 fully saturated rings. The highest BCUT2D eigenvalue weighted by atomic mass is 16.5. The number of hydrogen-bond acceptors (Lipinski definition) is 5. The van der Waals surface area contributed by atoms with Crippen molar-refractivity contribution in [1.29, 1.82) is 0 Å². The van der Waals surface area contributed by atoms with Crippen molar-refractivity contribution in [3.63, 3.8) is 0 Å². The molecule has 0 aromatic carbocycles. The number of hydrogen-bond donors (Lipinski definition) is 3. The van der Waals surface area contributed by atoms with E-state index in [1.165, 1.54) is 244 Å². The maximum absolute atomic E-state index is 12.5. The van der Waals surface area contributed by atoms with Crippen LogP contribution >= 0.6 is 0 Å². The molecule has 0 aromatic heterocycles. The van der Waals surface area contributed by atoms with Crippen molar-refractivity contribution in [2.75, 3.05) is 13.2 Å². The van der Waals surface area contributed by atoms with E-state index in [-0.39, 0.29) is 18.5 Å². The lowest BCUT2D eigenvalue weighted by Gasteiger charge is -2.22. The van der Waals surface area contributed by atoms with Crippen LogP contribution in [0.1, 0.15) is 341 Å². The van der Waals surface area contributed by atoms with Crippen LogP contribution in [-0.2, 0) is 14.3 Å². The summed E-state index contributed by atoms with van der Waals surface area (Å²) in [6, 6.07) is -0.553. The zero-order chi connectivity index (χ0) is 48.6. The van der Waals surface area contributed by atoms with Gasteiger partial charge in [-0.1, -0.05) is 289 Å². The van der Waals surface area contributed by atoms with E-state index in [1.54, 1.807) is 0 Å². The van der Waals surface area contributed by atoms with Gasteiger partial charge in [0, 0.05) is 12.8 Å². The number of allylic oxidation sites excluding steroid dienone is 2. The fraction of sp³-hybridized carbons (Fsp3) is 0.934. The average Bonchev–Trinajstić information content (AvgIpc) is 3.33. The van der Waals surface area contributed by atoms with Crippen LogP contribution in [0.15, 0.2) is 12.2 Å². The van der Waals surface area contributed by atoms with E-state index >= 15 is 0 Å². The molecule has 0 spiro atoms. The van der Waals surface area contributed by atoms with Gasteiger partial charge in [-0.05, 0) is 51.4 Å². The highest BCUT2D eigenvalue weighted by Gasteiger charge is 2.20. The van der Waals surface area contributed by atoms with E-state index in [0.29, 0.717) is 25.9 Å². The van der Waals surface area contributed by atoms with Gasteiger partial charge in [0.15, 0.2) is 0 Å². The molecule has 0 heterocycles. The summed E-state index contributed by atoms with van der Waals surface area (Å²) in [4.78, 5) is 24.6. The van der Waals surface area contributed by atoms with E-state index in [1.807, 2.05) is 0 Å². The second kappa shape index (κ2) is 57.2. The van der Waals surface area contributed by atoms with Crippen molar-refractivity contribution in [2.45, 2.75) is 353 Å². The predicted molar refractivity (Wildman–Crippen MR) is 292 cm³/mol. The lowest BCUT2D eigenvalue weighted by molar-refractivity contribution is -0.143. The Kier molecular flexibility index (Phi) is 56.0. The first-order chi connectivity index (χ1) is 33.0. The SMILES string of the molecule is CCCCCCCCCCCCCCCCCCCC(=O)OCCCCCCCCC/C=C\CCCCCCCC(=O)NC(CO)C(O)CCCCCCCCCCCCCCCCCCC. The Bertz CT molecular complexity index is 1000. The number of rotatable bonds is 57. The fourth-order valence-electron chi connectivity index (χ4n) is 9.64. The molecule has 0 radical (unpaired) electrons. The molecule has 3 N–H and O–H groups in total. The van der Waals surface area contributed by atoms with E-state index in [9.17, 15) is 19.8 Å². The molecule has 398 valence electrons. The summed E-state index contributed by atoms with van der Waals surface area (Å²) in [7, 11) is 0. The molecular weight excluding hydrogens is 827 g/mol.